The van der Waals surface area contributed by atoms with E-state index in [9.17, 15) is 0 Å². The Kier molecular flexibility index (Phi) is 6.02. The Labute approximate surface area is 72.2 Å². The van der Waals surface area contributed by atoms with Gasteiger partial charge in [-0.15, -0.1) is 0 Å². The molecule has 0 saturated carbocycles. The van der Waals surface area contributed by atoms with Crippen LogP contribution in [0.1, 0.15) is 5.56 Å². The number of halogens is 1. The van der Waals surface area contributed by atoms with Crippen molar-refractivity contribution >= 4 is 21.0 Å². The van der Waals surface area contributed by atoms with Crippen LogP contribution in [0.5, 0.6) is 0 Å². The van der Waals surface area contributed by atoms with E-state index < -0.39 is 10.3 Å². The summed E-state index contributed by atoms with van der Waals surface area (Å²) >= 11 is 0. The van der Waals surface area contributed by atoms with Gasteiger partial charge in [-0.2, -0.15) is 0 Å². The Morgan fingerprint density at radius 3 is 2.09 bits per heavy atom. The molecule has 1 heterocycles. The summed E-state index contributed by atoms with van der Waals surface area (Å²) < 4.78 is 17.5. The largest absolute Gasteiger partial charge is 0.760 e. The Morgan fingerprint density at radius 2 is 1.91 bits per heavy atom. The van der Waals surface area contributed by atoms with E-state index in [0.29, 0.717) is 0 Å². The zero-order chi connectivity index (χ0) is 8.69. The van der Waals surface area contributed by atoms with E-state index in [-0.39, 0.29) is 0 Å². The van der Waals surface area contributed by atoms with Gasteiger partial charge in [0.05, 0.1) is 0 Å². The summed E-state index contributed by atoms with van der Waals surface area (Å²) in [5.41, 5.74) is 1.26. The van der Waals surface area contributed by atoms with E-state index in [0.717, 1.165) is 0 Å². The number of hydrogen-bond donors (Lipinski definition) is 0. The molecule has 1 rings (SSSR count). The second-order valence-corrected chi connectivity index (χ2v) is 2.86. The summed E-state index contributed by atoms with van der Waals surface area (Å²) in [7, 11) is 1.80. The summed E-state index contributed by atoms with van der Waals surface area (Å²) in [6.07, 6.45) is 3.57. The fourth-order valence-electron chi connectivity index (χ4n) is 0.426. The smallest absolute Gasteiger partial charge is 0.0422 e. The molecule has 0 spiro atoms. The number of hydrogen-bond acceptors (Lipinski definition) is 3. The first-order valence-corrected chi connectivity index (χ1v) is 4.65. The zero-order valence-electron chi connectivity index (χ0n) is 5.86. The monoisotopic (exact) mass is 192 g/mol. The third-order valence-electron chi connectivity index (χ3n) is 0.847. The highest BCUT2D eigenvalue weighted by molar-refractivity contribution is 8.03. The van der Waals surface area contributed by atoms with Crippen molar-refractivity contribution < 1.29 is 8.76 Å². The summed E-state index contributed by atoms with van der Waals surface area (Å²) in [6.45, 7) is 2.04. The topological polar surface area (TPSA) is 53.0 Å². The molecular weight excluding hydrogens is 186 g/mol. The standard InChI is InChI=1S/C6H7N.ClHO2S/c1-6-2-4-7-5-3-6;1-4(2)3/h2-5H,1H3;(H,2,3)/p-1. The first kappa shape index (κ1) is 10.6. The maximum absolute atomic E-state index is 8.77. The van der Waals surface area contributed by atoms with Crippen molar-refractivity contribution in [3.05, 3.63) is 30.1 Å². The zero-order valence-corrected chi connectivity index (χ0v) is 7.43. The highest BCUT2D eigenvalue weighted by atomic mass is 35.7. The van der Waals surface area contributed by atoms with Crippen LogP contribution in [0.25, 0.3) is 0 Å². The lowest BCUT2D eigenvalue weighted by Gasteiger charge is -1.82. The van der Waals surface area contributed by atoms with E-state index in [2.05, 4.69) is 15.7 Å². The van der Waals surface area contributed by atoms with Gasteiger partial charge in [0, 0.05) is 22.7 Å². The van der Waals surface area contributed by atoms with Crippen molar-refractivity contribution in [2.24, 2.45) is 0 Å². The van der Waals surface area contributed by atoms with Crippen LogP contribution in [0.15, 0.2) is 24.5 Å². The Hall–Kier alpha value is -0.450. The lowest BCUT2D eigenvalue weighted by molar-refractivity contribution is 0.552. The third kappa shape index (κ3) is 9.55. The first-order valence-electron chi connectivity index (χ1n) is 2.75. The highest BCUT2D eigenvalue weighted by Crippen LogP contribution is 1.88. The molecule has 5 heteroatoms. The van der Waals surface area contributed by atoms with Gasteiger partial charge in [0.15, 0.2) is 0 Å². The normalized spacial score (nSPS) is 11.2. The Morgan fingerprint density at radius 1 is 1.55 bits per heavy atom. The molecule has 0 fully saturated rings. The molecule has 0 aliphatic heterocycles. The van der Waals surface area contributed by atoms with Gasteiger partial charge in [-0.05, 0) is 35.3 Å². The molecule has 0 saturated heterocycles. The average Bonchev–Trinajstić information content (AvgIpc) is 1.87. The van der Waals surface area contributed by atoms with Gasteiger partial charge >= 0.3 is 0 Å². The molecule has 0 aliphatic carbocycles. The fraction of sp³-hybridized carbons (Fsp3) is 0.167. The minimum Gasteiger partial charge on any atom is -0.760 e. The van der Waals surface area contributed by atoms with Gasteiger partial charge in [0.25, 0.3) is 0 Å². The number of nitrogens with zero attached hydrogens (tertiary/aromatic N) is 1. The van der Waals surface area contributed by atoms with E-state index in [1.165, 1.54) is 5.56 Å². The molecule has 1 unspecified atom stereocenters. The van der Waals surface area contributed by atoms with Gasteiger partial charge in [-0.1, -0.05) is 0 Å². The van der Waals surface area contributed by atoms with Crippen molar-refractivity contribution in [1.82, 2.24) is 4.98 Å². The maximum atomic E-state index is 8.77. The molecule has 62 valence electrons. The minimum atomic E-state index is -2.39. The molecule has 0 radical (unpaired) electrons. The van der Waals surface area contributed by atoms with Crippen LogP contribution in [0, 0.1) is 6.92 Å². The highest BCUT2D eigenvalue weighted by Gasteiger charge is 1.72. The predicted molar refractivity (Wildman–Crippen MR) is 43.7 cm³/mol. The minimum absolute atomic E-state index is 1.26. The first-order chi connectivity index (χ1) is 5.13. The van der Waals surface area contributed by atoms with Gasteiger partial charge in [-0.25, -0.2) is 0 Å². The molecule has 1 atom stereocenters. The number of pyridine rings is 1. The lowest BCUT2D eigenvalue weighted by Crippen LogP contribution is -1.68. The van der Waals surface area contributed by atoms with Gasteiger partial charge in [-0.3, -0.25) is 9.19 Å². The van der Waals surface area contributed by atoms with Crippen LogP contribution in [-0.4, -0.2) is 13.7 Å². The Bertz CT molecular complexity index is 213. The van der Waals surface area contributed by atoms with Gasteiger partial charge < -0.3 is 4.55 Å². The number of aromatic nitrogens is 1. The van der Waals surface area contributed by atoms with Crippen LogP contribution in [-0.2, 0) is 10.3 Å². The lowest BCUT2D eigenvalue weighted by atomic mass is 10.3. The molecule has 0 aromatic carbocycles. The van der Waals surface area contributed by atoms with Crippen molar-refractivity contribution in [2.75, 3.05) is 0 Å². The molecule has 1 aromatic rings. The second-order valence-electron chi connectivity index (χ2n) is 1.72. The number of rotatable bonds is 0. The second kappa shape index (κ2) is 6.27. The van der Waals surface area contributed by atoms with Crippen molar-refractivity contribution in [1.29, 1.82) is 0 Å². The van der Waals surface area contributed by atoms with Gasteiger partial charge in [0.2, 0.25) is 0 Å². The average molecular weight is 193 g/mol. The maximum Gasteiger partial charge on any atom is 0.0422 e. The van der Waals surface area contributed by atoms with E-state index >= 15 is 0 Å². The fourth-order valence-corrected chi connectivity index (χ4v) is 0.426. The molecule has 11 heavy (non-hydrogen) atoms. The summed E-state index contributed by atoms with van der Waals surface area (Å²) in [4.78, 5) is 3.85. The van der Waals surface area contributed by atoms with Crippen LogP contribution in [0.3, 0.4) is 0 Å². The molecule has 3 nitrogen and oxygen atoms in total. The molecule has 0 amide bonds. The summed E-state index contributed by atoms with van der Waals surface area (Å²) in [6, 6.07) is 3.94. The quantitative estimate of drug-likeness (QED) is 0.461. The summed E-state index contributed by atoms with van der Waals surface area (Å²) in [5.74, 6) is 0. The molecule has 1 aromatic heterocycles. The van der Waals surface area contributed by atoms with Crippen LogP contribution < -0.4 is 0 Å². The molecule has 0 N–H and O–H groups in total. The van der Waals surface area contributed by atoms with Crippen molar-refractivity contribution in [3.8, 4) is 0 Å². The van der Waals surface area contributed by atoms with E-state index in [4.69, 9.17) is 8.76 Å². The van der Waals surface area contributed by atoms with Crippen LogP contribution >= 0.6 is 10.7 Å². The van der Waals surface area contributed by atoms with Gasteiger partial charge in [0.1, 0.15) is 0 Å². The van der Waals surface area contributed by atoms with Crippen molar-refractivity contribution in [3.63, 3.8) is 0 Å². The predicted octanol–water partition coefficient (Wildman–Crippen LogP) is 1.41. The summed E-state index contributed by atoms with van der Waals surface area (Å²) in [5, 5.41) is 0. The number of aryl methyl sites for hydroxylation is 1. The molecule has 0 bridgehead atoms. The van der Waals surface area contributed by atoms with E-state index in [1.807, 2.05) is 19.1 Å². The van der Waals surface area contributed by atoms with Crippen LogP contribution in [0.4, 0.5) is 0 Å². The Balaban J connectivity index is 0.000000218. The van der Waals surface area contributed by atoms with Crippen LogP contribution in [0.2, 0.25) is 0 Å². The molecular formula is C6H7ClNO2S-. The SMILES string of the molecule is Cc1ccncc1.O=S([O-])Cl. The van der Waals surface area contributed by atoms with E-state index in [1.54, 1.807) is 12.4 Å². The third-order valence-corrected chi connectivity index (χ3v) is 0.847. The molecule has 0 aliphatic rings. The van der Waals surface area contributed by atoms with Crippen molar-refractivity contribution in [2.45, 2.75) is 6.92 Å².